The van der Waals surface area contributed by atoms with Crippen LogP contribution in [0.5, 0.6) is 0 Å². The number of nitrogens with zero attached hydrogens (tertiary/aromatic N) is 2. The summed E-state index contributed by atoms with van der Waals surface area (Å²) in [7, 11) is 0. The second-order valence-electron chi connectivity index (χ2n) is 2.80. The summed E-state index contributed by atoms with van der Waals surface area (Å²) in [5.41, 5.74) is 2.34. The van der Waals surface area contributed by atoms with Crippen molar-refractivity contribution in [2.75, 3.05) is 0 Å². The van der Waals surface area contributed by atoms with Gasteiger partial charge in [0.25, 0.3) is 0 Å². The van der Waals surface area contributed by atoms with Gasteiger partial charge in [0.2, 0.25) is 0 Å². The maximum absolute atomic E-state index is 8.51. The second kappa shape index (κ2) is 5.46. The quantitative estimate of drug-likeness (QED) is 0.507. The molecule has 1 aromatic rings. The van der Waals surface area contributed by atoms with Crippen molar-refractivity contribution in [3.63, 3.8) is 0 Å². The lowest BCUT2D eigenvalue weighted by Crippen LogP contribution is -1.87. The molecule has 0 unspecified atom stereocenters. The van der Waals surface area contributed by atoms with E-state index in [1.165, 1.54) is 6.21 Å². The van der Waals surface area contributed by atoms with Crippen LogP contribution in [0.3, 0.4) is 0 Å². The highest BCUT2D eigenvalue weighted by molar-refractivity contribution is 9.10. The van der Waals surface area contributed by atoms with Crippen molar-refractivity contribution in [2.45, 2.75) is 6.92 Å². The average molecular weight is 267 g/mol. The van der Waals surface area contributed by atoms with Crippen LogP contribution in [0.15, 0.2) is 32.8 Å². The van der Waals surface area contributed by atoms with Crippen molar-refractivity contribution in [3.8, 4) is 0 Å². The molecule has 0 saturated carbocycles. The molecule has 0 fully saturated rings. The molecule has 4 heteroatoms. The summed E-state index contributed by atoms with van der Waals surface area (Å²) < 4.78 is 0.929. The molecule has 0 aliphatic rings. The lowest BCUT2D eigenvalue weighted by atomic mass is 10.1. The van der Waals surface area contributed by atoms with Gasteiger partial charge in [-0.3, -0.25) is 4.99 Å². The number of benzene rings is 1. The summed E-state index contributed by atoms with van der Waals surface area (Å²) in [6.45, 7) is 5.43. The topological polar surface area (TPSA) is 45.0 Å². The predicted octanol–water partition coefficient (Wildman–Crippen LogP) is 3.62. The molecule has 0 atom stereocenters. The van der Waals surface area contributed by atoms with E-state index in [2.05, 4.69) is 32.8 Å². The summed E-state index contributed by atoms with van der Waals surface area (Å²) in [6, 6.07) is 3.68. The Labute approximate surface area is 97.0 Å². The number of oxime groups is 1. The molecular formula is C11H11BrN2O. The Hall–Kier alpha value is -1.42. The maximum Gasteiger partial charge on any atom is 0.0794 e. The molecule has 0 aliphatic carbocycles. The van der Waals surface area contributed by atoms with E-state index in [0.29, 0.717) is 5.69 Å². The minimum atomic E-state index is 0.695. The third-order valence-corrected chi connectivity index (χ3v) is 2.57. The van der Waals surface area contributed by atoms with Gasteiger partial charge in [0.15, 0.2) is 0 Å². The molecule has 1 aromatic carbocycles. The fourth-order valence-electron chi connectivity index (χ4n) is 1.27. The highest BCUT2D eigenvalue weighted by atomic mass is 79.9. The van der Waals surface area contributed by atoms with Gasteiger partial charge in [-0.25, -0.2) is 0 Å². The Kier molecular flexibility index (Phi) is 4.24. The molecule has 0 saturated heterocycles. The lowest BCUT2D eigenvalue weighted by Gasteiger charge is -2.06. The summed E-state index contributed by atoms with van der Waals surface area (Å²) >= 11 is 3.43. The number of hydrogen-bond donors (Lipinski definition) is 1. The van der Waals surface area contributed by atoms with Crippen LogP contribution in [-0.2, 0) is 0 Å². The van der Waals surface area contributed by atoms with Crippen LogP contribution in [0.2, 0.25) is 0 Å². The van der Waals surface area contributed by atoms with Crippen LogP contribution < -0.4 is 0 Å². The smallest absolute Gasteiger partial charge is 0.0794 e. The minimum absolute atomic E-state index is 0.695. The molecule has 0 amide bonds. The van der Waals surface area contributed by atoms with Gasteiger partial charge in [0.05, 0.1) is 11.9 Å². The van der Waals surface area contributed by atoms with Crippen LogP contribution in [0.25, 0.3) is 6.08 Å². The number of halogens is 1. The van der Waals surface area contributed by atoms with Crippen LogP contribution in [0, 0.1) is 0 Å². The first-order valence-electron chi connectivity index (χ1n) is 4.34. The summed E-state index contributed by atoms with van der Waals surface area (Å²) in [5.74, 6) is 0. The lowest BCUT2D eigenvalue weighted by molar-refractivity contribution is 0.322. The molecule has 0 spiro atoms. The zero-order valence-corrected chi connectivity index (χ0v) is 9.90. The molecule has 0 aliphatic heterocycles. The van der Waals surface area contributed by atoms with Gasteiger partial charge >= 0.3 is 0 Å². The fraction of sp³-hybridized carbons (Fsp3) is 0.0909. The monoisotopic (exact) mass is 266 g/mol. The van der Waals surface area contributed by atoms with Crippen LogP contribution in [0.1, 0.15) is 18.1 Å². The van der Waals surface area contributed by atoms with Crippen LogP contribution in [0.4, 0.5) is 5.69 Å². The Morgan fingerprint density at radius 2 is 2.20 bits per heavy atom. The van der Waals surface area contributed by atoms with E-state index in [-0.39, 0.29) is 0 Å². The average Bonchev–Trinajstić information content (AvgIpc) is 2.24. The zero-order valence-electron chi connectivity index (χ0n) is 8.31. The van der Waals surface area contributed by atoms with Crippen molar-refractivity contribution in [1.29, 1.82) is 0 Å². The first-order chi connectivity index (χ1) is 7.24. The minimum Gasteiger partial charge on any atom is -0.411 e. The van der Waals surface area contributed by atoms with Gasteiger partial charge in [-0.2, -0.15) is 0 Å². The highest BCUT2D eigenvalue weighted by Crippen LogP contribution is 2.31. The van der Waals surface area contributed by atoms with Crippen molar-refractivity contribution >= 4 is 40.6 Å². The van der Waals surface area contributed by atoms with E-state index in [0.717, 1.165) is 15.6 Å². The van der Waals surface area contributed by atoms with Crippen LogP contribution in [-0.4, -0.2) is 18.1 Å². The van der Waals surface area contributed by atoms with Crippen molar-refractivity contribution in [1.82, 2.24) is 0 Å². The van der Waals surface area contributed by atoms with Gasteiger partial charge in [0, 0.05) is 15.6 Å². The van der Waals surface area contributed by atoms with E-state index >= 15 is 0 Å². The summed E-state index contributed by atoms with van der Waals surface area (Å²) in [5, 5.41) is 11.5. The maximum atomic E-state index is 8.51. The summed E-state index contributed by atoms with van der Waals surface area (Å²) in [6.07, 6.45) is 5.17. The molecule has 0 radical (unpaired) electrons. The van der Waals surface area contributed by atoms with Gasteiger partial charge in [-0.1, -0.05) is 33.2 Å². The molecule has 3 nitrogen and oxygen atoms in total. The predicted molar refractivity (Wildman–Crippen MR) is 67.4 cm³/mol. The van der Waals surface area contributed by atoms with Crippen molar-refractivity contribution in [2.24, 2.45) is 10.1 Å². The molecule has 0 aromatic heterocycles. The number of aliphatic imine (C=N–C) groups is 1. The Bertz CT molecular complexity index is 425. The van der Waals surface area contributed by atoms with Gasteiger partial charge < -0.3 is 5.21 Å². The van der Waals surface area contributed by atoms with Gasteiger partial charge in [-0.05, 0) is 25.8 Å². The molecule has 15 heavy (non-hydrogen) atoms. The SMILES string of the molecule is C=Nc1c(/C=N/O)ccc(Br)c1/C=C\C. The van der Waals surface area contributed by atoms with E-state index < -0.39 is 0 Å². The molecule has 78 valence electrons. The summed E-state index contributed by atoms with van der Waals surface area (Å²) in [4.78, 5) is 3.93. The van der Waals surface area contributed by atoms with Crippen molar-refractivity contribution < 1.29 is 5.21 Å². The Balaban J connectivity index is 3.46. The standard InChI is InChI=1S/C11H11BrN2O/c1-3-4-9-10(12)6-5-8(7-14-15)11(9)13-2/h3-7,15H,2H2,1H3/b4-3-,14-7+. The van der Waals surface area contributed by atoms with E-state index in [9.17, 15) is 0 Å². The Morgan fingerprint density at radius 1 is 1.47 bits per heavy atom. The third kappa shape index (κ3) is 2.53. The first kappa shape index (κ1) is 11.7. The van der Waals surface area contributed by atoms with Gasteiger partial charge in [-0.15, -0.1) is 0 Å². The largest absolute Gasteiger partial charge is 0.411 e. The zero-order chi connectivity index (χ0) is 11.3. The van der Waals surface area contributed by atoms with E-state index in [1.807, 2.05) is 25.1 Å². The van der Waals surface area contributed by atoms with Crippen molar-refractivity contribution in [3.05, 3.63) is 33.8 Å². The molecule has 0 bridgehead atoms. The molecular weight excluding hydrogens is 256 g/mol. The number of hydrogen-bond acceptors (Lipinski definition) is 3. The normalized spacial score (nSPS) is 11.3. The van der Waals surface area contributed by atoms with E-state index in [1.54, 1.807) is 6.07 Å². The second-order valence-corrected chi connectivity index (χ2v) is 3.66. The highest BCUT2D eigenvalue weighted by Gasteiger charge is 2.07. The van der Waals surface area contributed by atoms with E-state index in [4.69, 9.17) is 5.21 Å². The van der Waals surface area contributed by atoms with Gasteiger partial charge in [0.1, 0.15) is 0 Å². The number of rotatable bonds is 3. The van der Waals surface area contributed by atoms with Crippen LogP contribution >= 0.6 is 15.9 Å². The molecule has 1 N–H and O–H groups in total. The first-order valence-corrected chi connectivity index (χ1v) is 5.13. The Morgan fingerprint density at radius 3 is 2.73 bits per heavy atom. The third-order valence-electron chi connectivity index (χ3n) is 1.88. The fourth-order valence-corrected chi connectivity index (χ4v) is 1.72. The molecule has 0 heterocycles. The number of allylic oxidation sites excluding steroid dienone is 1. The molecule has 1 rings (SSSR count).